The normalized spacial score (nSPS) is 19.4. The van der Waals surface area contributed by atoms with Gasteiger partial charge in [0.1, 0.15) is 0 Å². The number of carbonyl (C=O) groups excluding carboxylic acids is 1. The van der Waals surface area contributed by atoms with E-state index in [1.54, 1.807) is 7.11 Å². The van der Waals surface area contributed by atoms with E-state index in [1.807, 2.05) is 0 Å². The van der Waals surface area contributed by atoms with E-state index in [4.69, 9.17) is 15.2 Å². The summed E-state index contributed by atoms with van der Waals surface area (Å²) in [7, 11) is 1.56. The van der Waals surface area contributed by atoms with E-state index >= 15 is 0 Å². The Labute approximate surface area is 97.5 Å². The minimum Gasteiger partial charge on any atom is -0.465 e. The average Bonchev–Trinajstić information content (AvgIpc) is 2.34. The van der Waals surface area contributed by atoms with Crippen LogP contribution in [0.5, 0.6) is 0 Å². The van der Waals surface area contributed by atoms with Gasteiger partial charge in [0.05, 0.1) is 19.1 Å². The molecule has 0 saturated heterocycles. The maximum atomic E-state index is 11.5. The van der Waals surface area contributed by atoms with Crippen LogP contribution in [0.15, 0.2) is 0 Å². The zero-order chi connectivity index (χ0) is 11.8. The molecule has 2 N–H and O–H groups in total. The highest BCUT2D eigenvalue weighted by Gasteiger charge is 2.17. The van der Waals surface area contributed by atoms with Gasteiger partial charge in [0, 0.05) is 13.7 Å². The molecule has 1 fully saturated rings. The van der Waals surface area contributed by atoms with Gasteiger partial charge in [-0.2, -0.15) is 0 Å². The molecule has 4 nitrogen and oxygen atoms in total. The SMILES string of the molecule is COC(CN)CC(=O)OCC1CCCCC1. The molecule has 1 rings (SSSR count). The van der Waals surface area contributed by atoms with Crippen molar-refractivity contribution in [3.05, 3.63) is 0 Å². The van der Waals surface area contributed by atoms with E-state index in [-0.39, 0.29) is 18.5 Å². The molecule has 0 aliphatic heterocycles. The lowest BCUT2D eigenvalue weighted by atomic mass is 9.90. The Bertz CT molecular complexity index is 198. The van der Waals surface area contributed by atoms with Gasteiger partial charge in [0.2, 0.25) is 0 Å². The molecule has 0 bridgehead atoms. The summed E-state index contributed by atoms with van der Waals surface area (Å²) in [5.74, 6) is 0.374. The van der Waals surface area contributed by atoms with Crippen molar-refractivity contribution < 1.29 is 14.3 Å². The van der Waals surface area contributed by atoms with Crippen LogP contribution >= 0.6 is 0 Å². The highest BCUT2D eigenvalue weighted by molar-refractivity contribution is 5.70. The first-order chi connectivity index (χ1) is 7.76. The van der Waals surface area contributed by atoms with E-state index < -0.39 is 0 Å². The summed E-state index contributed by atoms with van der Waals surface area (Å²) in [6, 6.07) is 0. The maximum Gasteiger partial charge on any atom is 0.308 e. The van der Waals surface area contributed by atoms with Gasteiger partial charge in [0.15, 0.2) is 0 Å². The lowest BCUT2D eigenvalue weighted by molar-refractivity contribution is -0.147. The first-order valence-electron chi connectivity index (χ1n) is 6.14. The number of rotatable bonds is 6. The topological polar surface area (TPSA) is 61.5 Å². The summed E-state index contributed by atoms with van der Waals surface area (Å²) in [5, 5.41) is 0. The van der Waals surface area contributed by atoms with Crippen LogP contribution in [0.1, 0.15) is 38.5 Å². The van der Waals surface area contributed by atoms with Crippen molar-refractivity contribution in [2.24, 2.45) is 11.7 Å². The minimum absolute atomic E-state index is 0.192. The van der Waals surface area contributed by atoms with Gasteiger partial charge in [-0.1, -0.05) is 19.3 Å². The summed E-state index contributed by atoms with van der Waals surface area (Å²) < 4.78 is 10.3. The molecule has 1 unspecified atom stereocenters. The smallest absolute Gasteiger partial charge is 0.308 e. The fourth-order valence-electron chi connectivity index (χ4n) is 2.07. The number of carbonyl (C=O) groups is 1. The van der Waals surface area contributed by atoms with Gasteiger partial charge in [-0.15, -0.1) is 0 Å². The number of esters is 1. The summed E-state index contributed by atoms with van der Waals surface area (Å²) >= 11 is 0. The molecule has 94 valence electrons. The molecule has 0 spiro atoms. The third-order valence-electron chi connectivity index (χ3n) is 3.20. The van der Waals surface area contributed by atoms with Crippen LogP contribution in [-0.4, -0.2) is 32.3 Å². The summed E-state index contributed by atoms with van der Waals surface area (Å²) in [6.45, 7) is 0.925. The molecule has 0 aromatic carbocycles. The minimum atomic E-state index is -0.209. The van der Waals surface area contributed by atoms with Gasteiger partial charge < -0.3 is 15.2 Å². The van der Waals surface area contributed by atoms with E-state index in [1.165, 1.54) is 32.1 Å². The lowest BCUT2D eigenvalue weighted by Gasteiger charge is -2.21. The van der Waals surface area contributed by atoms with Crippen molar-refractivity contribution in [3.8, 4) is 0 Å². The second kappa shape index (κ2) is 7.63. The number of hydrogen-bond acceptors (Lipinski definition) is 4. The van der Waals surface area contributed by atoms with Gasteiger partial charge in [-0.3, -0.25) is 4.79 Å². The van der Waals surface area contributed by atoms with Crippen molar-refractivity contribution in [3.63, 3.8) is 0 Å². The second-order valence-corrected chi connectivity index (χ2v) is 4.48. The van der Waals surface area contributed by atoms with E-state index in [9.17, 15) is 4.79 Å². The summed E-state index contributed by atoms with van der Waals surface area (Å²) in [6.07, 6.45) is 6.30. The number of ether oxygens (including phenoxy) is 2. The third-order valence-corrected chi connectivity index (χ3v) is 3.20. The second-order valence-electron chi connectivity index (χ2n) is 4.48. The fraction of sp³-hybridized carbons (Fsp3) is 0.917. The molecule has 0 aromatic heterocycles. The van der Waals surface area contributed by atoms with Crippen molar-refractivity contribution in [2.45, 2.75) is 44.6 Å². The molecular formula is C12H23NO3. The van der Waals surface area contributed by atoms with Crippen LogP contribution in [0, 0.1) is 5.92 Å². The molecule has 0 amide bonds. The molecule has 1 atom stereocenters. The first-order valence-corrected chi connectivity index (χ1v) is 6.14. The predicted molar refractivity (Wildman–Crippen MR) is 62.0 cm³/mol. The van der Waals surface area contributed by atoms with Crippen LogP contribution in [0.4, 0.5) is 0 Å². The Morgan fingerprint density at radius 1 is 1.38 bits per heavy atom. The van der Waals surface area contributed by atoms with Crippen molar-refractivity contribution in [1.29, 1.82) is 0 Å². The highest BCUT2D eigenvalue weighted by Crippen LogP contribution is 2.23. The molecule has 16 heavy (non-hydrogen) atoms. The Morgan fingerprint density at radius 2 is 2.06 bits per heavy atom. The molecule has 0 aromatic rings. The van der Waals surface area contributed by atoms with Gasteiger partial charge in [-0.25, -0.2) is 0 Å². The fourth-order valence-corrected chi connectivity index (χ4v) is 2.07. The molecule has 1 aliphatic rings. The largest absolute Gasteiger partial charge is 0.465 e. The molecule has 1 aliphatic carbocycles. The molecule has 1 saturated carbocycles. The number of methoxy groups -OCH3 is 1. The van der Waals surface area contributed by atoms with Gasteiger partial charge >= 0.3 is 5.97 Å². The first kappa shape index (κ1) is 13.5. The van der Waals surface area contributed by atoms with Crippen molar-refractivity contribution in [1.82, 2.24) is 0 Å². The van der Waals surface area contributed by atoms with Crippen molar-refractivity contribution in [2.75, 3.05) is 20.3 Å². The summed E-state index contributed by atoms with van der Waals surface area (Å²) in [5.41, 5.74) is 5.44. The standard InChI is InChI=1S/C12H23NO3/c1-15-11(8-13)7-12(14)16-9-10-5-3-2-4-6-10/h10-11H,2-9,13H2,1H3. The number of nitrogens with two attached hydrogens (primary N) is 1. The van der Waals surface area contributed by atoms with Crippen molar-refractivity contribution >= 4 is 5.97 Å². The molecular weight excluding hydrogens is 206 g/mol. The summed E-state index contributed by atoms with van der Waals surface area (Å²) in [4.78, 5) is 11.5. The Balaban J connectivity index is 2.13. The maximum absolute atomic E-state index is 11.5. The van der Waals surface area contributed by atoms with Crippen LogP contribution in [0.3, 0.4) is 0 Å². The zero-order valence-corrected chi connectivity index (χ0v) is 10.1. The van der Waals surface area contributed by atoms with E-state index in [0.29, 0.717) is 19.1 Å². The number of hydrogen-bond donors (Lipinski definition) is 1. The van der Waals surface area contributed by atoms with Crippen LogP contribution in [0.2, 0.25) is 0 Å². The van der Waals surface area contributed by atoms with Gasteiger partial charge in [0.25, 0.3) is 0 Å². The monoisotopic (exact) mass is 229 g/mol. The van der Waals surface area contributed by atoms with Gasteiger partial charge in [-0.05, 0) is 18.8 Å². The Hall–Kier alpha value is -0.610. The van der Waals surface area contributed by atoms with Crippen LogP contribution in [-0.2, 0) is 14.3 Å². The highest BCUT2D eigenvalue weighted by atomic mass is 16.5. The molecule has 4 heteroatoms. The third kappa shape index (κ3) is 4.94. The predicted octanol–water partition coefficient (Wildman–Crippen LogP) is 1.47. The van der Waals surface area contributed by atoms with Crippen LogP contribution in [0.25, 0.3) is 0 Å². The lowest BCUT2D eigenvalue weighted by Crippen LogP contribution is -2.27. The Kier molecular flexibility index (Phi) is 6.42. The van der Waals surface area contributed by atoms with E-state index in [0.717, 1.165) is 0 Å². The zero-order valence-electron chi connectivity index (χ0n) is 10.1. The Morgan fingerprint density at radius 3 is 2.62 bits per heavy atom. The van der Waals surface area contributed by atoms with E-state index in [2.05, 4.69) is 0 Å². The quantitative estimate of drug-likeness (QED) is 0.701. The molecule has 0 heterocycles. The molecule has 0 radical (unpaired) electrons. The van der Waals surface area contributed by atoms with Crippen LogP contribution < -0.4 is 5.73 Å². The average molecular weight is 229 g/mol.